The molecule has 0 saturated heterocycles. The number of amides is 1. The lowest BCUT2D eigenvalue weighted by Crippen LogP contribution is -2.43. The van der Waals surface area contributed by atoms with Gasteiger partial charge in [0.2, 0.25) is 0 Å². The van der Waals surface area contributed by atoms with E-state index in [-0.39, 0.29) is 24.8 Å². The Labute approximate surface area is 165 Å². The van der Waals surface area contributed by atoms with E-state index in [0.717, 1.165) is 12.8 Å². The van der Waals surface area contributed by atoms with Crippen LogP contribution in [0.3, 0.4) is 0 Å². The Morgan fingerprint density at radius 3 is 2.29 bits per heavy atom. The third-order valence-electron chi connectivity index (χ3n) is 4.34. The monoisotopic (exact) mass is 395 g/mol. The molecule has 0 aromatic heterocycles. The summed E-state index contributed by atoms with van der Waals surface area (Å²) in [4.78, 5) is 23.8. The first-order chi connectivity index (χ1) is 13.3. The summed E-state index contributed by atoms with van der Waals surface area (Å²) in [5.41, 5.74) is -0.0960. The van der Waals surface area contributed by atoms with Crippen LogP contribution in [-0.4, -0.2) is 49.2 Å². The fraction of sp³-hybridized carbons (Fsp3) is 0.619. The first-order valence-corrected chi connectivity index (χ1v) is 9.70. The van der Waals surface area contributed by atoms with Gasteiger partial charge < -0.3 is 19.5 Å². The lowest BCUT2D eigenvalue weighted by Gasteiger charge is -2.29. The number of alkyl carbamates (subject to hydrolysis) is 1. The van der Waals surface area contributed by atoms with Crippen molar-refractivity contribution >= 4 is 12.1 Å². The molecule has 1 N–H and O–H groups in total. The van der Waals surface area contributed by atoms with Gasteiger partial charge in [-0.2, -0.15) is 0 Å². The van der Waals surface area contributed by atoms with Gasteiger partial charge in [-0.3, -0.25) is 0 Å². The smallest absolute Gasteiger partial charge is 0.408 e. The number of ether oxygens (including phenoxy) is 3. The van der Waals surface area contributed by atoms with E-state index in [1.165, 1.54) is 0 Å². The van der Waals surface area contributed by atoms with Gasteiger partial charge in [0.25, 0.3) is 0 Å². The van der Waals surface area contributed by atoms with Crippen LogP contribution in [0.1, 0.15) is 56.8 Å². The maximum absolute atomic E-state index is 13.2. The molecule has 0 heterocycles. The lowest BCUT2D eigenvalue weighted by atomic mass is 9.95. The molecule has 2 rings (SSSR count). The van der Waals surface area contributed by atoms with Gasteiger partial charge in [-0.1, -0.05) is 18.2 Å². The van der Waals surface area contributed by atoms with Crippen LogP contribution in [-0.2, 0) is 14.2 Å². The van der Waals surface area contributed by atoms with Crippen LogP contribution in [0.2, 0.25) is 0 Å². The quantitative estimate of drug-likeness (QED) is 0.706. The van der Waals surface area contributed by atoms with Crippen LogP contribution in [0.15, 0.2) is 30.3 Å². The van der Waals surface area contributed by atoms with Gasteiger partial charge in [-0.25, -0.2) is 14.0 Å². The summed E-state index contributed by atoms with van der Waals surface area (Å²) >= 11 is 0. The molecule has 0 bridgehead atoms. The molecular formula is C21H30FNO5. The van der Waals surface area contributed by atoms with Crippen molar-refractivity contribution in [2.24, 2.45) is 0 Å². The Morgan fingerprint density at radius 1 is 1.11 bits per heavy atom. The average Bonchev–Trinajstić information content (AvgIpc) is 2.65. The molecule has 28 heavy (non-hydrogen) atoms. The van der Waals surface area contributed by atoms with Crippen LogP contribution in [0, 0.1) is 0 Å². The SMILES string of the molecule is CC(C)(C)OC(=O)N[C@@H](CF)COC1CCC(OC(=O)c2ccccc2)CC1. The summed E-state index contributed by atoms with van der Waals surface area (Å²) in [5.74, 6) is -0.316. The molecule has 1 fully saturated rings. The molecule has 1 amide bonds. The number of hydrogen-bond acceptors (Lipinski definition) is 5. The summed E-state index contributed by atoms with van der Waals surface area (Å²) in [7, 11) is 0. The summed E-state index contributed by atoms with van der Waals surface area (Å²) < 4.78 is 29.6. The standard InChI is InChI=1S/C21H30FNO5/c1-21(2,3)28-20(25)23-16(13-22)14-26-17-9-11-18(12-10-17)27-19(24)15-7-5-4-6-8-15/h4-8,16-18H,9-14H2,1-3H3,(H,23,25)/t16-,17?,18?/m0/s1. The van der Waals surface area contributed by atoms with Crippen molar-refractivity contribution in [2.75, 3.05) is 13.3 Å². The van der Waals surface area contributed by atoms with Crippen molar-refractivity contribution in [3.8, 4) is 0 Å². The van der Waals surface area contributed by atoms with E-state index in [2.05, 4.69) is 5.32 Å². The average molecular weight is 395 g/mol. The fourth-order valence-corrected chi connectivity index (χ4v) is 2.96. The predicted molar refractivity (Wildman–Crippen MR) is 103 cm³/mol. The van der Waals surface area contributed by atoms with Crippen molar-refractivity contribution < 1.29 is 28.2 Å². The lowest BCUT2D eigenvalue weighted by molar-refractivity contribution is -0.0270. The molecular weight excluding hydrogens is 365 g/mol. The molecule has 0 unspecified atom stereocenters. The molecule has 0 spiro atoms. The normalized spacial score (nSPS) is 20.9. The maximum Gasteiger partial charge on any atom is 0.408 e. The molecule has 1 aromatic rings. The van der Waals surface area contributed by atoms with E-state index in [1.807, 2.05) is 6.07 Å². The highest BCUT2D eigenvalue weighted by atomic mass is 19.1. The van der Waals surface area contributed by atoms with Gasteiger partial charge in [0.1, 0.15) is 18.4 Å². The molecule has 1 aliphatic rings. The summed E-state index contributed by atoms with van der Waals surface area (Å²) in [6.07, 6.45) is 2.00. The number of rotatable bonds is 7. The van der Waals surface area contributed by atoms with Crippen molar-refractivity contribution in [2.45, 2.75) is 70.3 Å². The summed E-state index contributed by atoms with van der Waals surface area (Å²) in [5, 5.41) is 2.49. The molecule has 1 aromatic carbocycles. The molecule has 0 radical (unpaired) electrons. The second-order valence-electron chi connectivity index (χ2n) is 8.00. The second-order valence-corrected chi connectivity index (χ2v) is 8.00. The zero-order chi connectivity index (χ0) is 20.6. The van der Waals surface area contributed by atoms with Gasteiger partial charge in [-0.05, 0) is 58.6 Å². The highest BCUT2D eigenvalue weighted by Crippen LogP contribution is 2.24. The first-order valence-electron chi connectivity index (χ1n) is 9.70. The molecule has 156 valence electrons. The zero-order valence-electron chi connectivity index (χ0n) is 16.8. The van der Waals surface area contributed by atoms with Crippen molar-refractivity contribution in [3.63, 3.8) is 0 Å². The fourth-order valence-electron chi connectivity index (χ4n) is 2.96. The topological polar surface area (TPSA) is 73.9 Å². The van der Waals surface area contributed by atoms with Crippen LogP contribution in [0.25, 0.3) is 0 Å². The largest absolute Gasteiger partial charge is 0.459 e. The van der Waals surface area contributed by atoms with Crippen molar-refractivity contribution in [3.05, 3.63) is 35.9 Å². The Kier molecular flexibility index (Phi) is 8.23. The van der Waals surface area contributed by atoms with Gasteiger partial charge in [0.15, 0.2) is 0 Å². The van der Waals surface area contributed by atoms with Crippen molar-refractivity contribution in [1.29, 1.82) is 0 Å². The van der Waals surface area contributed by atoms with E-state index in [0.29, 0.717) is 18.4 Å². The van der Waals surface area contributed by atoms with Gasteiger partial charge in [0.05, 0.1) is 24.3 Å². The van der Waals surface area contributed by atoms with E-state index in [4.69, 9.17) is 14.2 Å². The first kappa shape index (κ1) is 22.1. The van der Waals surface area contributed by atoms with Crippen LogP contribution >= 0.6 is 0 Å². The molecule has 1 saturated carbocycles. The van der Waals surface area contributed by atoms with Crippen molar-refractivity contribution in [1.82, 2.24) is 5.32 Å². The second kappa shape index (κ2) is 10.4. The Balaban J connectivity index is 1.68. The third kappa shape index (κ3) is 7.84. The highest BCUT2D eigenvalue weighted by Gasteiger charge is 2.26. The van der Waals surface area contributed by atoms with Gasteiger partial charge in [0, 0.05) is 0 Å². The highest BCUT2D eigenvalue weighted by molar-refractivity contribution is 5.89. The summed E-state index contributed by atoms with van der Waals surface area (Å²) in [6, 6.07) is 8.16. The van der Waals surface area contributed by atoms with Crippen LogP contribution < -0.4 is 5.32 Å². The number of carbonyl (C=O) groups is 2. The number of halogens is 1. The molecule has 7 heteroatoms. The number of benzene rings is 1. The third-order valence-corrected chi connectivity index (χ3v) is 4.34. The van der Waals surface area contributed by atoms with Gasteiger partial charge >= 0.3 is 12.1 Å². The Morgan fingerprint density at radius 2 is 1.71 bits per heavy atom. The van der Waals surface area contributed by atoms with E-state index < -0.39 is 24.4 Å². The van der Waals surface area contributed by atoms with Gasteiger partial charge in [-0.15, -0.1) is 0 Å². The Hall–Kier alpha value is -2.15. The van der Waals surface area contributed by atoms with Crippen LogP contribution in [0.5, 0.6) is 0 Å². The van der Waals surface area contributed by atoms with E-state index in [9.17, 15) is 14.0 Å². The molecule has 0 aliphatic heterocycles. The number of alkyl halides is 1. The number of esters is 1. The molecule has 6 nitrogen and oxygen atoms in total. The Bertz CT molecular complexity index is 623. The number of carbonyl (C=O) groups excluding carboxylic acids is 2. The van der Waals surface area contributed by atoms with Crippen LogP contribution in [0.4, 0.5) is 9.18 Å². The minimum Gasteiger partial charge on any atom is -0.459 e. The number of hydrogen-bond donors (Lipinski definition) is 1. The zero-order valence-corrected chi connectivity index (χ0v) is 16.8. The van der Waals surface area contributed by atoms with E-state index in [1.54, 1.807) is 45.0 Å². The molecule has 1 atom stereocenters. The maximum atomic E-state index is 13.2. The minimum absolute atomic E-state index is 0.0406. The summed E-state index contributed by atoms with van der Waals surface area (Å²) in [6.45, 7) is 4.59. The predicted octanol–water partition coefficient (Wildman–Crippen LogP) is 4.03. The minimum atomic E-state index is -0.747. The molecule has 1 aliphatic carbocycles. The van der Waals surface area contributed by atoms with E-state index >= 15 is 0 Å². The number of nitrogens with one attached hydrogen (secondary N) is 1.